The first-order chi connectivity index (χ1) is 19.9. The number of rotatable bonds is 5. The average Bonchev–Trinajstić information content (AvgIpc) is 2.95. The van der Waals surface area contributed by atoms with Crippen molar-refractivity contribution in [3.05, 3.63) is 103 Å². The lowest BCUT2D eigenvalue weighted by atomic mass is 9.83. The maximum Gasteiger partial charge on any atom is 0.344 e. The molecule has 41 heavy (non-hydrogen) atoms. The molecule has 7 rings (SSSR count). The van der Waals surface area contributed by atoms with Crippen LogP contribution >= 0.6 is 0 Å². The molecule has 1 N–H and O–H groups in total. The lowest BCUT2D eigenvalue weighted by Crippen LogP contribution is -2.46. The largest absolute Gasteiger partial charge is 0.507 e. The molecule has 2 aromatic carbocycles. The molecular weight excluding hydrogens is 524 g/mol. The van der Waals surface area contributed by atoms with Gasteiger partial charge in [0, 0.05) is 66.3 Å². The number of fused-ring (bicyclic) bond motifs is 6. The Morgan fingerprint density at radius 3 is 2.63 bits per heavy atom. The van der Waals surface area contributed by atoms with Crippen LogP contribution in [0.5, 0.6) is 11.5 Å². The Bertz CT molecular complexity index is 2000. The molecule has 5 heterocycles. The second-order valence-electron chi connectivity index (χ2n) is 10.9. The minimum atomic E-state index is -0.634. The lowest BCUT2D eigenvalue weighted by molar-refractivity contribution is 0.113. The quantitative estimate of drug-likeness (QED) is 0.318. The van der Waals surface area contributed by atoms with Gasteiger partial charge in [-0.15, -0.1) is 0 Å². The van der Waals surface area contributed by atoms with Crippen LogP contribution in [-0.2, 0) is 13.1 Å². The molecule has 9 heteroatoms. The molecule has 1 fully saturated rings. The number of hydrogen-bond donors (Lipinski definition) is 1. The smallest absolute Gasteiger partial charge is 0.344 e. The third-order valence-corrected chi connectivity index (χ3v) is 8.24. The number of phenols is 1. The number of pyridine rings is 1. The molecule has 0 unspecified atom stereocenters. The lowest BCUT2D eigenvalue weighted by Gasteiger charge is -2.42. The molecule has 0 aliphatic carbocycles. The monoisotopic (exact) mass is 552 g/mol. The van der Waals surface area contributed by atoms with Crippen molar-refractivity contribution in [1.82, 2.24) is 9.47 Å². The van der Waals surface area contributed by atoms with Gasteiger partial charge in [0.2, 0.25) is 0 Å². The minimum Gasteiger partial charge on any atom is -0.507 e. The number of nitrogens with zero attached hydrogens (tertiary/aromatic N) is 2. The summed E-state index contributed by atoms with van der Waals surface area (Å²) in [5, 5.41) is 12.1. The number of aromatic hydroxyl groups is 1. The third-order valence-electron chi connectivity index (χ3n) is 8.24. The topological polar surface area (TPSA) is 115 Å². The highest BCUT2D eigenvalue weighted by Gasteiger charge is 2.35. The Morgan fingerprint density at radius 2 is 1.78 bits per heavy atom. The predicted molar refractivity (Wildman–Crippen MR) is 154 cm³/mol. The number of ether oxygens (including phenoxy) is 1. The second-order valence-corrected chi connectivity index (χ2v) is 10.9. The van der Waals surface area contributed by atoms with Crippen LogP contribution in [-0.4, -0.2) is 34.3 Å². The van der Waals surface area contributed by atoms with Gasteiger partial charge in [0.25, 0.3) is 5.56 Å². The zero-order valence-electron chi connectivity index (χ0n) is 22.5. The van der Waals surface area contributed by atoms with Gasteiger partial charge < -0.3 is 23.2 Å². The van der Waals surface area contributed by atoms with Crippen LogP contribution in [0.25, 0.3) is 33.1 Å². The van der Waals surface area contributed by atoms with E-state index in [-0.39, 0.29) is 28.4 Å². The van der Waals surface area contributed by atoms with Gasteiger partial charge in [-0.2, -0.15) is 0 Å². The molecule has 2 bridgehead atoms. The van der Waals surface area contributed by atoms with E-state index in [0.717, 1.165) is 18.7 Å². The van der Waals surface area contributed by atoms with E-state index in [4.69, 9.17) is 13.6 Å². The molecule has 208 valence electrons. The zero-order valence-corrected chi connectivity index (χ0v) is 22.5. The first kappa shape index (κ1) is 25.3. The van der Waals surface area contributed by atoms with Crippen LogP contribution in [0.1, 0.15) is 30.5 Å². The van der Waals surface area contributed by atoms with E-state index in [9.17, 15) is 19.5 Å². The van der Waals surface area contributed by atoms with Crippen molar-refractivity contribution in [1.29, 1.82) is 0 Å². The first-order valence-electron chi connectivity index (χ1n) is 13.8. The maximum absolute atomic E-state index is 13.2. The maximum atomic E-state index is 13.2. The van der Waals surface area contributed by atoms with Crippen LogP contribution in [0.4, 0.5) is 0 Å². The summed E-state index contributed by atoms with van der Waals surface area (Å²) in [6.45, 7) is 4.73. The Kier molecular flexibility index (Phi) is 6.04. The van der Waals surface area contributed by atoms with Crippen LogP contribution in [0, 0.1) is 5.92 Å². The van der Waals surface area contributed by atoms with E-state index in [0.29, 0.717) is 65.4 Å². The molecule has 0 amide bonds. The van der Waals surface area contributed by atoms with Gasteiger partial charge in [-0.05, 0) is 49.6 Å². The number of benzene rings is 2. The van der Waals surface area contributed by atoms with Gasteiger partial charge in [0.15, 0.2) is 11.3 Å². The van der Waals surface area contributed by atoms with E-state index in [1.165, 1.54) is 6.07 Å². The van der Waals surface area contributed by atoms with Crippen molar-refractivity contribution in [3.63, 3.8) is 0 Å². The van der Waals surface area contributed by atoms with Crippen LogP contribution < -0.4 is 21.5 Å². The highest BCUT2D eigenvalue weighted by atomic mass is 16.5. The van der Waals surface area contributed by atoms with E-state index < -0.39 is 11.3 Å². The van der Waals surface area contributed by atoms with Crippen molar-refractivity contribution >= 4 is 21.9 Å². The molecule has 3 aromatic heterocycles. The summed E-state index contributed by atoms with van der Waals surface area (Å²) < 4.78 is 18.9. The van der Waals surface area contributed by atoms with Gasteiger partial charge in [0.1, 0.15) is 11.3 Å². The number of hydrogen-bond acceptors (Lipinski definition) is 8. The van der Waals surface area contributed by atoms with Crippen molar-refractivity contribution < 1.29 is 18.7 Å². The number of aromatic nitrogens is 1. The van der Waals surface area contributed by atoms with Crippen molar-refractivity contribution in [2.24, 2.45) is 5.92 Å². The highest BCUT2D eigenvalue weighted by Crippen LogP contribution is 2.38. The third kappa shape index (κ3) is 4.33. The van der Waals surface area contributed by atoms with E-state index in [1.54, 1.807) is 36.4 Å². The zero-order chi connectivity index (χ0) is 28.2. The number of phenolic OH excluding ortho intramolecular Hbond substituents is 1. The second kappa shape index (κ2) is 9.78. The van der Waals surface area contributed by atoms with Gasteiger partial charge in [0.05, 0.1) is 17.7 Å². The summed E-state index contributed by atoms with van der Waals surface area (Å²) in [4.78, 5) is 40.7. The van der Waals surface area contributed by atoms with Crippen molar-refractivity contribution in [3.8, 4) is 22.6 Å². The summed E-state index contributed by atoms with van der Waals surface area (Å²) in [6, 6.07) is 17.0. The standard InChI is InChI=1S/C32H28N2O7/c1-2-39-27-7-3-5-19-12-23(32(38)41-30(19)27)22-13-29(37)40-31-21(22)9-10-26(35)24(31)17-33-14-18-11-20(16-33)25-6-4-8-28(36)34(25)15-18/h3-10,12-13,18,20,35H,2,11,14-17H2,1H3/t18-,20+/m1/s1. The number of piperidine rings is 1. The van der Waals surface area contributed by atoms with Gasteiger partial charge in [-0.3, -0.25) is 9.69 Å². The highest BCUT2D eigenvalue weighted by molar-refractivity contribution is 5.97. The van der Waals surface area contributed by atoms with Crippen LogP contribution in [0.2, 0.25) is 0 Å². The van der Waals surface area contributed by atoms with Crippen LogP contribution in [0.15, 0.2) is 83.9 Å². The normalized spacial score (nSPS) is 18.5. The van der Waals surface area contributed by atoms with E-state index in [1.807, 2.05) is 29.7 Å². The number of para-hydroxylation sites is 1. The Balaban J connectivity index is 1.30. The molecule has 2 atom stereocenters. The molecule has 0 radical (unpaired) electrons. The fourth-order valence-corrected chi connectivity index (χ4v) is 6.57. The summed E-state index contributed by atoms with van der Waals surface area (Å²) in [5.41, 5.74) is 1.47. The van der Waals surface area contributed by atoms with E-state index >= 15 is 0 Å². The first-order valence-corrected chi connectivity index (χ1v) is 13.8. The van der Waals surface area contributed by atoms with Gasteiger partial charge in [-0.1, -0.05) is 18.2 Å². The Labute approximate surface area is 233 Å². The number of likely N-dealkylation sites (tertiary alicyclic amines) is 1. The summed E-state index contributed by atoms with van der Waals surface area (Å²) in [6.07, 6.45) is 1.00. The average molecular weight is 553 g/mol. The van der Waals surface area contributed by atoms with Crippen LogP contribution in [0.3, 0.4) is 0 Å². The van der Waals surface area contributed by atoms with Crippen molar-refractivity contribution in [2.75, 3.05) is 19.7 Å². The SMILES string of the molecule is CCOc1cccc2cc(-c3cc(=O)oc4c(CN5C[C@H]6C[C@@H](C5)c5cccc(=O)n5C6)c(O)ccc34)c(=O)oc12. The molecule has 0 spiro atoms. The van der Waals surface area contributed by atoms with E-state index in [2.05, 4.69) is 4.90 Å². The van der Waals surface area contributed by atoms with Crippen molar-refractivity contribution in [2.45, 2.75) is 32.4 Å². The molecule has 9 nitrogen and oxygen atoms in total. The Morgan fingerprint density at radius 1 is 0.927 bits per heavy atom. The molecule has 2 aliphatic heterocycles. The molecule has 5 aromatic rings. The minimum absolute atomic E-state index is 0.0112. The fourth-order valence-electron chi connectivity index (χ4n) is 6.57. The predicted octanol–water partition coefficient (Wildman–Crippen LogP) is 4.45. The summed E-state index contributed by atoms with van der Waals surface area (Å²) >= 11 is 0. The van der Waals surface area contributed by atoms with Gasteiger partial charge >= 0.3 is 11.3 Å². The molecule has 0 saturated carbocycles. The molecule has 2 aliphatic rings. The molecular formula is C32H28N2O7. The Hall–Kier alpha value is -4.63. The fraction of sp³-hybridized carbons (Fsp3) is 0.281. The summed E-state index contributed by atoms with van der Waals surface area (Å²) in [5.74, 6) is 0.971. The molecule has 1 saturated heterocycles. The summed E-state index contributed by atoms with van der Waals surface area (Å²) in [7, 11) is 0. The van der Waals surface area contributed by atoms with Gasteiger partial charge in [-0.25, -0.2) is 9.59 Å².